The van der Waals surface area contributed by atoms with Crippen molar-refractivity contribution in [2.75, 3.05) is 20.3 Å². The molecule has 0 rings (SSSR count). The molecule has 0 heterocycles. The minimum absolute atomic E-state index is 0.451. The number of ether oxygens (including phenoxy) is 1. The van der Waals surface area contributed by atoms with Crippen molar-refractivity contribution >= 4 is 0 Å². The Balaban J connectivity index is 3.80. The van der Waals surface area contributed by atoms with E-state index in [2.05, 4.69) is 26.1 Å². The van der Waals surface area contributed by atoms with E-state index in [0.29, 0.717) is 12.1 Å². The van der Waals surface area contributed by atoms with Gasteiger partial charge in [-0.25, -0.2) is 0 Å². The Morgan fingerprint density at radius 1 is 1.27 bits per heavy atom. The van der Waals surface area contributed by atoms with Gasteiger partial charge in [0.15, 0.2) is 0 Å². The summed E-state index contributed by atoms with van der Waals surface area (Å²) >= 11 is 0. The van der Waals surface area contributed by atoms with Crippen LogP contribution >= 0.6 is 0 Å². The van der Waals surface area contributed by atoms with E-state index in [0.717, 1.165) is 31.9 Å². The van der Waals surface area contributed by atoms with E-state index >= 15 is 0 Å². The van der Waals surface area contributed by atoms with Gasteiger partial charge in [0.05, 0.1) is 6.61 Å². The van der Waals surface area contributed by atoms with Crippen LogP contribution in [-0.2, 0) is 4.74 Å². The van der Waals surface area contributed by atoms with Crippen LogP contribution in [0.25, 0.3) is 0 Å². The number of nitrogens with two attached hydrogens (primary N) is 1. The molecule has 0 fully saturated rings. The molecule has 2 unspecified atom stereocenters. The minimum Gasteiger partial charge on any atom is -0.383 e. The van der Waals surface area contributed by atoms with E-state index in [9.17, 15) is 0 Å². The molecule has 3 N–H and O–H groups in total. The zero-order valence-corrected chi connectivity index (χ0v) is 10.8. The van der Waals surface area contributed by atoms with E-state index in [1.54, 1.807) is 7.11 Å². The number of methoxy groups -OCH3 is 1. The zero-order valence-electron chi connectivity index (χ0n) is 10.8. The molecule has 0 saturated carbocycles. The van der Waals surface area contributed by atoms with Gasteiger partial charge in [-0.15, -0.1) is 0 Å². The zero-order chi connectivity index (χ0) is 11.7. The average Bonchev–Trinajstić information content (AvgIpc) is 2.13. The van der Waals surface area contributed by atoms with Crippen LogP contribution in [0.1, 0.15) is 40.0 Å². The summed E-state index contributed by atoms with van der Waals surface area (Å²) in [7, 11) is 1.75. The normalized spacial score (nSPS) is 15.6. The van der Waals surface area contributed by atoms with Crippen molar-refractivity contribution in [3.05, 3.63) is 0 Å². The Hall–Kier alpha value is -0.120. The van der Waals surface area contributed by atoms with Crippen LogP contribution in [0.15, 0.2) is 0 Å². The Morgan fingerprint density at radius 2 is 1.93 bits per heavy atom. The van der Waals surface area contributed by atoms with Gasteiger partial charge in [-0.2, -0.15) is 0 Å². The van der Waals surface area contributed by atoms with Crippen molar-refractivity contribution in [2.24, 2.45) is 11.7 Å². The average molecular weight is 216 g/mol. The topological polar surface area (TPSA) is 47.3 Å². The molecule has 15 heavy (non-hydrogen) atoms. The van der Waals surface area contributed by atoms with Crippen LogP contribution in [0.4, 0.5) is 0 Å². The summed E-state index contributed by atoms with van der Waals surface area (Å²) in [6, 6.07) is 1.01. The monoisotopic (exact) mass is 216 g/mol. The summed E-state index contributed by atoms with van der Waals surface area (Å²) in [5.74, 6) is 0.741. The van der Waals surface area contributed by atoms with Gasteiger partial charge in [-0.3, -0.25) is 0 Å². The molecular weight excluding hydrogens is 188 g/mol. The molecule has 0 saturated heterocycles. The van der Waals surface area contributed by atoms with Gasteiger partial charge in [-0.05, 0) is 38.6 Å². The molecule has 0 aliphatic rings. The van der Waals surface area contributed by atoms with Gasteiger partial charge in [-0.1, -0.05) is 13.8 Å². The number of hydrogen-bond donors (Lipinski definition) is 2. The van der Waals surface area contributed by atoms with E-state index in [1.807, 2.05) is 0 Å². The molecule has 0 aliphatic carbocycles. The highest BCUT2D eigenvalue weighted by Crippen LogP contribution is 2.06. The first kappa shape index (κ1) is 14.9. The highest BCUT2D eigenvalue weighted by atomic mass is 16.5. The second kappa shape index (κ2) is 9.13. The molecule has 92 valence electrons. The lowest BCUT2D eigenvalue weighted by atomic mass is 10.0. The van der Waals surface area contributed by atoms with Gasteiger partial charge in [0.2, 0.25) is 0 Å². The molecule has 0 aliphatic heterocycles. The predicted molar refractivity (Wildman–Crippen MR) is 66.0 cm³/mol. The van der Waals surface area contributed by atoms with Gasteiger partial charge < -0.3 is 15.8 Å². The fourth-order valence-electron chi connectivity index (χ4n) is 1.96. The van der Waals surface area contributed by atoms with Crippen LogP contribution in [0.2, 0.25) is 0 Å². The molecule has 0 aromatic heterocycles. The van der Waals surface area contributed by atoms with E-state index < -0.39 is 0 Å². The van der Waals surface area contributed by atoms with Crippen LogP contribution in [0.5, 0.6) is 0 Å². The van der Waals surface area contributed by atoms with Gasteiger partial charge in [0, 0.05) is 19.2 Å². The maximum absolute atomic E-state index is 5.52. The SMILES string of the molecule is COCC(CCCN)NC(C)CC(C)C. The maximum Gasteiger partial charge on any atom is 0.0615 e. The van der Waals surface area contributed by atoms with Gasteiger partial charge >= 0.3 is 0 Å². The second-order valence-electron chi connectivity index (χ2n) is 4.78. The number of rotatable bonds is 9. The predicted octanol–water partition coefficient (Wildman–Crippen LogP) is 1.76. The number of hydrogen-bond acceptors (Lipinski definition) is 3. The van der Waals surface area contributed by atoms with Crippen LogP contribution in [-0.4, -0.2) is 32.3 Å². The Labute approximate surface area is 94.8 Å². The summed E-state index contributed by atoms with van der Waals surface area (Å²) in [6.45, 7) is 8.29. The molecule has 0 bridgehead atoms. The lowest BCUT2D eigenvalue weighted by molar-refractivity contribution is 0.154. The van der Waals surface area contributed by atoms with Crippen molar-refractivity contribution in [2.45, 2.75) is 52.1 Å². The highest BCUT2D eigenvalue weighted by molar-refractivity contribution is 4.72. The fourth-order valence-corrected chi connectivity index (χ4v) is 1.96. The van der Waals surface area contributed by atoms with Crippen molar-refractivity contribution in [3.63, 3.8) is 0 Å². The van der Waals surface area contributed by atoms with Crippen molar-refractivity contribution < 1.29 is 4.74 Å². The molecule has 3 heteroatoms. The summed E-state index contributed by atoms with van der Waals surface area (Å²) in [5.41, 5.74) is 5.52. The smallest absolute Gasteiger partial charge is 0.0615 e. The van der Waals surface area contributed by atoms with Crippen LogP contribution < -0.4 is 11.1 Å². The second-order valence-corrected chi connectivity index (χ2v) is 4.78. The van der Waals surface area contributed by atoms with Crippen LogP contribution in [0.3, 0.4) is 0 Å². The molecule has 2 atom stereocenters. The number of nitrogens with one attached hydrogen (secondary N) is 1. The lowest BCUT2D eigenvalue weighted by Gasteiger charge is -2.23. The summed E-state index contributed by atoms with van der Waals surface area (Å²) in [4.78, 5) is 0. The molecule has 0 aromatic rings. The van der Waals surface area contributed by atoms with Gasteiger partial charge in [0.1, 0.15) is 0 Å². The molecule has 0 radical (unpaired) electrons. The Bertz CT molecular complexity index is 140. The Kier molecular flexibility index (Phi) is 9.06. The minimum atomic E-state index is 0.451. The molecule has 0 amide bonds. The first-order valence-electron chi connectivity index (χ1n) is 6.05. The Morgan fingerprint density at radius 3 is 2.40 bits per heavy atom. The summed E-state index contributed by atoms with van der Waals surface area (Å²) in [6.07, 6.45) is 3.38. The standard InChI is InChI=1S/C12H28N2O/c1-10(2)8-11(3)14-12(9-15-4)6-5-7-13/h10-12,14H,5-9,13H2,1-4H3. The third-order valence-corrected chi connectivity index (χ3v) is 2.47. The van der Waals surface area contributed by atoms with Crippen molar-refractivity contribution in [3.8, 4) is 0 Å². The van der Waals surface area contributed by atoms with Crippen molar-refractivity contribution in [1.82, 2.24) is 5.32 Å². The quantitative estimate of drug-likeness (QED) is 0.617. The third-order valence-electron chi connectivity index (χ3n) is 2.47. The summed E-state index contributed by atoms with van der Waals surface area (Å²) < 4.78 is 5.20. The molecule has 0 spiro atoms. The van der Waals surface area contributed by atoms with Crippen LogP contribution in [0, 0.1) is 5.92 Å². The summed E-state index contributed by atoms with van der Waals surface area (Å²) in [5, 5.41) is 3.60. The molecule has 0 aromatic carbocycles. The first-order valence-corrected chi connectivity index (χ1v) is 6.05. The van der Waals surface area contributed by atoms with Crippen molar-refractivity contribution in [1.29, 1.82) is 0 Å². The first-order chi connectivity index (χ1) is 7.10. The van der Waals surface area contributed by atoms with E-state index in [-0.39, 0.29) is 0 Å². The van der Waals surface area contributed by atoms with E-state index in [4.69, 9.17) is 10.5 Å². The third kappa shape index (κ3) is 8.85. The van der Waals surface area contributed by atoms with Gasteiger partial charge in [0.25, 0.3) is 0 Å². The van der Waals surface area contributed by atoms with E-state index in [1.165, 1.54) is 6.42 Å². The lowest BCUT2D eigenvalue weighted by Crippen LogP contribution is -2.40. The largest absolute Gasteiger partial charge is 0.383 e. The highest BCUT2D eigenvalue weighted by Gasteiger charge is 2.12. The molecule has 3 nitrogen and oxygen atoms in total. The fraction of sp³-hybridized carbons (Fsp3) is 1.00. The maximum atomic E-state index is 5.52. The molecular formula is C12H28N2O.